The molecule has 0 spiro atoms. The van der Waals surface area contributed by atoms with Crippen molar-refractivity contribution < 1.29 is 24.1 Å². The van der Waals surface area contributed by atoms with E-state index < -0.39 is 23.5 Å². The normalized spacial score (nSPS) is 12.9. The predicted octanol–water partition coefficient (Wildman–Crippen LogP) is 1.55. The lowest BCUT2D eigenvalue weighted by atomic mass is 10.1. The lowest BCUT2D eigenvalue weighted by molar-refractivity contribution is 0.00647. The average Bonchev–Trinajstić information content (AvgIpc) is 2.33. The van der Waals surface area contributed by atoms with E-state index in [0.29, 0.717) is 5.69 Å². The molecule has 0 saturated carbocycles. The summed E-state index contributed by atoms with van der Waals surface area (Å²) >= 11 is 0. The second-order valence-electron chi connectivity index (χ2n) is 5.41. The van der Waals surface area contributed by atoms with Crippen LogP contribution in [0.5, 0.6) is 0 Å². The average molecular weight is 285 g/mol. The zero-order chi connectivity index (χ0) is 15.3. The van der Waals surface area contributed by atoms with E-state index in [1.54, 1.807) is 20.8 Å². The summed E-state index contributed by atoms with van der Waals surface area (Å²) in [6.07, 6.45) is -0.927. The van der Waals surface area contributed by atoms with Crippen LogP contribution in [0.25, 0.3) is 0 Å². The Labute approximate surface area is 117 Å². The zero-order valence-corrected chi connectivity index (χ0v) is 11.8. The quantitative estimate of drug-likeness (QED) is 0.715. The molecule has 6 heteroatoms. The molecule has 0 radical (unpaired) electrons. The Morgan fingerprint density at radius 1 is 1.45 bits per heavy atom. The molecule has 5 nitrogen and oxygen atoms in total. The Kier molecular flexibility index (Phi) is 5.47. The molecular formula is C14H20FNO4. The maximum Gasteiger partial charge on any atom is 0.341 e. The molecule has 0 fully saturated rings. The number of carbonyl (C=O) groups excluding carboxylic acids is 1. The molecule has 0 amide bonds. The van der Waals surface area contributed by atoms with Crippen molar-refractivity contribution in [2.45, 2.75) is 32.5 Å². The van der Waals surface area contributed by atoms with E-state index in [-0.39, 0.29) is 18.7 Å². The number of anilines is 1. The molecule has 112 valence electrons. The Morgan fingerprint density at radius 2 is 2.10 bits per heavy atom. The molecule has 20 heavy (non-hydrogen) atoms. The van der Waals surface area contributed by atoms with E-state index in [4.69, 9.17) is 9.84 Å². The Balaban J connectivity index is 2.75. The van der Waals surface area contributed by atoms with Crippen LogP contribution in [0.1, 0.15) is 31.1 Å². The van der Waals surface area contributed by atoms with Gasteiger partial charge in [-0.3, -0.25) is 0 Å². The number of aliphatic hydroxyl groups excluding tert-OH is 2. The van der Waals surface area contributed by atoms with Crippen LogP contribution >= 0.6 is 0 Å². The van der Waals surface area contributed by atoms with Crippen molar-refractivity contribution in [1.82, 2.24) is 0 Å². The minimum atomic E-state index is -0.927. The van der Waals surface area contributed by atoms with Gasteiger partial charge in [0.1, 0.15) is 11.4 Å². The van der Waals surface area contributed by atoms with Crippen LogP contribution in [0.4, 0.5) is 10.1 Å². The predicted molar refractivity (Wildman–Crippen MR) is 73.2 cm³/mol. The fourth-order valence-electron chi connectivity index (χ4n) is 1.42. The number of halogens is 1. The highest BCUT2D eigenvalue weighted by atomic mass is 19.1. The van der Waals surface area contributed by atoms with Crippen LogP contribution in [-0.2, 0) is 4.74 Å². The van der Waals surface area contributed by atoms with Crippen LogP contribution < -0.4 is 5.32 Å². The van der Waals surface area contributed by atoms with Crippen LogP contribution in [-0.4, -0.2) is 41.0 Å². The number of hydrogen-bond acceptors (Lipinski definition) is 5. The van der Waals surface area contributed by atoms with E-state index in [1.807, 2.05) is 0 Å². The summed E-state index contributed by atoms with van der Waals surface area (Å²) in [6.45, 7) is 4.81. The van der Waals surface area contributed by atoms with Gasteiger partial charge in [0, 0.05) is 12.2 Å². The van der Waals surface area contributed by atoms with Crippen molar-refractivity contribution in [3.8, 4) is 0 Å². The summed E-state index contributed by atoms with van der Waals surface area (Å²) in [6, 6.07) is 3.97. The molecule has 0 aromatic heterocycles. The lowest BCUT2D eigenvalue weighted by Crippen LogP contribution is -2.25. The monoisotopic (exact) mass is 285 g/mol. The first kappa shape index (κ1) is 16.4. The number of carbonyl (C=O) groups is 1. The van der Waals surface area contributed by atoms with Gasteiger partial charge in [0.2, 0.25) is 0 Å². The number of benzene rings is 1. The Morgan fingerprint density at radius 3 is 2.60 bits per heavy atom. The summed E-state index contributed by atoms with van der Waals surface area (Å²) in [5, 5.41) is 20.6. The van der Waals surface area contributed by atoms with Gasteiger partial charge in [-0.05, 0) is 39.0 Å². The van der Waals surface area contributed by atoms with Crippen molar-refractivity contribution in [1.29, 1.82) is 0 Å². The number of esters is 1. The summed E-state index contributed by atoms with van der Waals surface area (Å²) in [5.41, 5.74) is -0.429. The topological polar surface area (TPSA) is 78.8 Å². The van der Waals surface area contributed by atoms with Crippen LogP contribution in [0, 0.1) is 5.82 Å². The van der Waals surface area contributed by atoms with Gasteiger partial charge in [0.15, 0.2) is 0 Å². The number of ether oxygens (including phenoxy) is 1. The van der Waals surface area contributed by atoms with E-state index in [2.05, 4.69) is 5.32 Å². The SMILES string of the molecule is CC(C)(C)OC(=O)c1ccc(NCC(O)CO)cc1F. The Bertz CT molecular complexity index is 471. The molecule has 1 atom stereocenters. The highest BCUT2D eigenvalue weighted by molar-refractivity contribution is 5.90. The first-order chi connectivity index (χ1) is 9.23. The number of rotatable bonds is 5. The maximum absolute atomic E-state index is 13.8. The molecule has 0 saturated heterocycles. The molecule has 1 unspecified atom stereocenters. The highest BCUT2D eigenvalue weighted by Crippen LogP contribution is 2.18. The molecule has 0 bridgehead atoms. The standard InChI is InChI=1S/C14H20FNO4/c1-14(2,3)20-13(19)11-5-4-9(6-12(11)15)16-7-10(18)8-17/h4-6,10,16-18H,7-8H2,1-3H3. The van der Waals surface area contributed by atoms with Gasteiger partial charge < -0.3 is 20.3 Å². The minimum absolute atomic E-state index is 0.0850. The van der Waals surface area contributed by atoms with Gasteiger partial charge in [-0.1, -0.05) is 0 Å². The highest BCUT2D eigenvalue weighted by Gasteiger charge is 2.20. The third kappa shape index (κ3) is 5.14. The van der Waals surface area contributed by atoms with Gasteiger partial charge in [-0.2, -0.15) is 0 Å². The summed E-state index contributed by atoms with van der Waals surface area (Å²) in [5.74, 6) is -1.43. The lowest BCUT2D eigenvalue weighted by Gasteiger charge is -2.19. The fraction of sp³-hybridized carbons (Fsp3) is 0.500. The smallest absolute Gasteiger partial charge is 0.341 e. The summed E-state index contributed by atoms with van der Waals surface area (Å²) in [7, 11) is 0. The van der Waals surface area contributed by atoms with Crippen molar-refractivity contribution in [3.05, 3.63) is 29.6 Å². The van der Waals surface area contributed by atoms with Gasteiger partial charge >= 0.3 is 5.97 Å². The molecule has 0 aliphatic carbocycles. The van der Waals surface area contributed by atoms with Crippen molar-refractivity contribution in [2.75, 3.05) is 18.5 Å². The number of aliphatic hydroxyl groups is 2. The fourth-order valence-corrected chi connectivity index (χ4v) is 1.42. The van der Waals surface area contributed by atoms with Crippen LogP contribution in [0.2, 0.25) is 0 Å². The van der Waals surface area contributed by atoms with E-state index in [1.165, 1.54) is 12.1 Å². The molecule has 1 aromatic rings. The third-order valence-electron chi connectivity index (χ3n) is 2.34. The largest absolute Gasteiger partial charge is 0.456 e. The van der Waals surface area contributed by atoms with Crippen molar-refractivity contribution in [2.24, 2.45) is 0 Å². The maximum atomic E-state index is 13.8. The summed E-state index contributed by atoms with van der Waals surface area (Å²) < 4.78 is 18.9. The van der Waals surface area contributed by atoms with Crippen molar-refractivity contribution >= 4 is 11.7 Å². The molecule has 1 aromatic carbocycles. The molecule has 3 N–H and O–H groups in total. The van der Waals surface area contributed by atoms with E-state index in [9.17, 15) is 14.3 Å². The number of hydrogen-bond donors (Lipinski definition) is 3. The van der Waals surface area contributed by atoms with Gasteiger partial charge in [0.25, 0.3) is 0 Å². The Hall–Kier alpha value is -1.66. The number of nitrogens with one attached hydrogen (secondary N) is 1. The minimum Gasteiger partial charge on any atom is -0.456 e. The van der Waals surface area contributed by atoms with E-state index in [0.717, 1.165) is 6.07 Å². The van der Waals surface area contributed by atoms with Gasteiger partial charge in [0.05, 0.1) is 18.3 Å². The molecule has 0 heterocycles. The third-order valence-corrected chi connectivity index (χ3v) is 2.34. The molecular weight excluding hydrogens is 265 g/mol. The first-order valence-electron chi connectivity index (χ1n) is 6.28. The molecule has 0 aliphatic rings. The van der Waals surface area contributed by atoms with Crippen LogP contribution in [0.3, 0.4) is 0 Å². The second kappa shape index (κ2) is 6.67. The van der Waals surface area contributed by atoms with Crippen molar-refractivity contribution in [3.63, 3.8) is 0 Å². The zero-order valence-electron chi connectivity index (χ0n) is 11.8. The summed E-state index contributed by atoms with van der Waals surface area (Å²) in [4.78, 5) is 11.7. The molecule has 1 rings (SSSR count). The van der Waals surface area contributed by atoms with Gasteiger partial charge in [-0.15, -0.1) is 0 Å². The first-order valence-corrected chi connectivity index (χ1v) is 6.28. The van der Waals surface area contributed by atoms with Gasteiger partial charge in [-0.25, -0.2) is 9.18 Å². The second-order valence-corrected chi connectivity index (χ2v) is 5.41. The van der Waals surface area contributed by atoms with Crippen LogP contribution in [0.15, 0.2) is 18.2 Å². The molecule has 0 aliphatic heterocycles. The van der Waals surface area contributed by atoms with E-state index >= 15 is 0 Å².